The minimum Gasteiger partial charge on any atom is -0.492 e. The fourth-order valence-electron chi connectivity index (χ4n) is 5.78. The molecule has 6 rings (SSSR count). The maximum absolute atomic E-state index is 11.7. The molecule has 192 valence electrons. The van der Waals surface area contributed by atoms with Gasteiger partial charge in [0.2, 0.25) is 0 Å². The third-order valence-electron chi connectivity index (χ3n) is 7.81. The predicted molar refractivity (Wildman–Crippen MR) is 144 cm³/mol. The number of carboxylic acids is 1. The van der Waals surface area contributed by atoms with E-state index in [0.717, 1.165) is 77.6 Å². The standard InChI is InChI=1S/C30H33N3O4/c1-2-32-14-5-6-24(32)19-37-25-12-10-20-16-22(9-8-21(20)17-25)29-26-18-23(30(34)35)11-13-27(26)33(31-29)28-7-3-4-15-36-28/h8-13,16-18,24,28H,2-7,14-15,19H2,1H3,(H,34,35). The van der Waals surface area contributed by atoms with Gasteiger partial charge in [0.25, 0.3) is 0 Å². The van der Waals surface area contributed by atoms with Crippen LogP contribution in [0.25, 0.3) is 32.9 Å². The first kappa shape index (κ1) is 23.9. The SMILES string of the molecule is CCN1CCCC1COc1ccc2cc(-c3nn(C4CCCCO4)c4ccc(C(=O)O)cc34)ccc2c1. The second kappa shape index (κ2) is 10.1. The van der Waals surface area contributed by atoms with E-state index < -0.39 is 5.97 Å². The number of carboxylic acid groups (broad SMARTS) is 1. The van der Waals surface area contributed by atoms with Crippen molar-refractivity contribution in [2.75, 3.05) is 26.3 Å². The van der Waals surface area contributed by atoms with Gasteiger partial charge in [-0.3, -0.25) is 4.90 Å². The van der Waals surface area contributed by atoms with Gasteiger partial charge in [-0.15, -0.1) is 0 Å². The monoisotopic (exact) mass is 499 g/mol. The summed E-state index contributed by atoms with van der Waals surface area (Å²) in [6.45, 7) is 5.88. The number of aromatic carboxylic acids is 1. The Hall–Kier alpha value is -3.42. The number of benzene rings is 3. The van der Waals surface area contributed by atoms with Crippen LogP contribution >= 0.6 is 0 Å². The summed E-state index contributed by atoms with van der Waals surface area (Å²) in [7, 11) is 0. The van der Waals surface area contributed by atoms with E-state index in [1.807, 2.05) is 16.8 Å². The first-order valence-electron chi connectivity index (χ1n) is 13.4. The molecule has 2 saturated heterocycles. The molecule has 7 heteroatoms. The Morgan fingerprint density at radius 3 is 2.73 bits per heavy atom. The Balaban J connectivity index is 1.33. The molecule has 2 fully saturated rings. The fraction of sp³-hybridized carbons (Fsp3) is 0.400. The molecule has 37 heavy (non-hydrogen) atoms. The Bertz CT molecular complexity index is 1440. The summed E-state index contributed by atoms with van der Waals surface area (Å²) in [4.78, 5) is 14.2. The van der Waals surface area contributed by atoms with E-state index in [1.165, 1.54) is 12.8 Å². The average Bonchev–Trinajstić information content (AvgIpc) is 3.56. The highest BCUT2D eigenvalue weighted by molar-refractivity contribution is 6.00. The summed E-state index contributed by atoms with van der Waals surface area (Å²) in [5, 5.41) is 17.6. The van der Waals surface area contributed by atoms with Gasteiger partial charge in [-0.05, 0) is 92.4 Å². The van der Waals surface area contributed by atoms with Crippen LogP contribution in [0.3, 0.4) is 0 Å². The van der Waals surface area contributed by atoms with Crippen LogP contribution in [0.2, 0.25) is 0 Å². The smallest absolute Gasteiger partial charge is 0.335 e. The molecule has 0 amide bonds. The molecular formula is C30H33N3O4. The highest BCUT2D eigenvalue weighted by atomic mass is 16.5. The summed E-state index contributed by atoms with van der Waals surface area (Å²) in [5.41, 5.74) is 2.87. The summed E-state index contributed by atoms with van der Waals surface area (Å²) in [6.07, 6.45) is 5.35. The third kappa shape index (κ3) is 4.69. The van der Waals surface area contributed by atoms with Crippen molar-refractivity contribution in [1.29, 1.82) is 0 Å². The number of hydrogen-bond donors (Lipinski definition) is 1. The van der Waals surface area contributed by atoms with Crippen LogP contribution in [-0.2, 0) is 4.74 Å². The molecule has 1 N–H and O–H groups in total. The first-order valence-corrected chi connectivity index (χ1v) is 13.4. The molecule has 2 atom stereocenters. The summed E-state index contributed by atoms with van der Waals surface area (Å²) >= 11 is 0. The zero-order chi connectivity index (χ0) is 25.4. The molecule has 2 unspecified atom stereocenters. The van der Waals surface area contributed by atoms with Gasteiger partial charge in [-0.1, -0.05) is 25.1 Å². The second-order valence-corrected chi connectivity index (χ2v) is 10.1. The average molecular weight is 500 g/mol. The van der Waals surface area contributed by atoms with E-state index in [-0.39, 0.29) is 11.8 Å². The normalized spacial score (nSPS) is 20.6. The minimum absolute atomic E-state index is 0.135. The summed E-state index contributed by atoms with van der Waals surface area (Å²) in [5.74, 6) is -0.0568. The molecule has 4 aromatic rings. The molecule has 2 aliphatic rings. The van der Waals surface area contributed by atoms with Crippen LogP contribution in [0.1, 0.15) is 55.6 Å². The van der Waals surface area contributed by atoms with Crippen molar-refractivity contribution in [3.8, 4) is 17.0 Å². The number of ether oxygens (including phenoxy) is 2. The van der Waals surface area contributed by atoms with E-state index >= 15 is 0 Å². The largest absolute Gasteiger partial charge is 0.492 e. The van der Waals surface area contributed by atoms with Crippen molar-refractivity contribution in [2.24, 2.45) is 0 Å². The topological polar surface area (TPSA) is 76.8 Å². The summed E-state index contributed by atoms with van der Waals surface area (Å²) in [6, 6.07) is 18.2. The van der Waals surface area contributed by atoms with E-state index in [0.29, 0.717) is 12.6 Å². The van der Waals surface area contributed by atoms with Gasteiger partial charge < -0.3 is 14.6 Å². The lowest BCUT2D eigenvalue weighted by Crippen LogP contribution is -2.33. The molecule has 7 nitrogen and oxygen atoms in total. The number of rotatable bonds is 7. The van der Waals surface area contributed by atoms with Gasteiger partial charge in [-0.25, -0.2) is 9.48 Å². The molecule has 0 spiro atoms. The zero-order valence-electron chi connectivity index (χ0n) is 21.2. The van der Waals surface area contributed by atoms with Gasteiger partial charge in [0.05, 0.1) is 11.1 Å². The van der Waals surface area contributed by atoms with E-state index in [9.17, 15) is 9.90 Å². The second-order valence-electron chi connectivity index (χ2n) is 10.1. The molecule has 3 aromatic carbocycles. The minimum atomic E-state index is -0.944. The van der Waals surface area contributed by atoms with Crippen molar-refractivity contribution in [2.45, 2.75) is 51.3 Å². The number of nitrogens with zero attached hydrogens (tertiary/aromatic N) is 3. The molecule has 1 aromatic heterocycles. The third-order valence-corrected chi connectivity index (χ3v) is 7.81. The zero-order valence-corrected chi connectivity index (χ0v) is 21.2. The molecule has 0 radical (unpaired) electrons. The van der Waals surface area contributed by atoms with Crippen molar-refractivity contribution in [1.82, 2.24) is 14.7 Å². The molecule has 2 aliphatic heterocycles. The molecule has 0 aliphatic carbocycles. The molecule has 3 heterocycles. The van der Waals surface area contributed by atoms with Crippen LogP contribution in [0, 0.1) is 0 Å². The fourth-order valence-corrected chi connectivity index (χ4v) is 5.78. The van der Waals surface area contributed by atoms with Crippen LogP contribution < -0.4 is 4.74 Å². The van der Waals surface area contributed by atoms with Gasteiger partial charge in [0, 0.05) is 23.6 Å². The highest BCUT2D eigenvalue weighted by Gasteiger charge is 2.24. The van der Waals surface area contributed by atoms with E-state index in [2.05, 4.69) is 42.2 Å². The lowest BCUT2D eigenvalue weighted by molar-refractivity contribution is -0.0365. The van der Waals surface area contributed by atoms with Crippen LogP contribution in [0.5, 0.6) is 5.75 Å². The number of fused-ring (bicyclic) bond motifs is 2. The molecular weight excluding hydrogens is 466 g/mol. The van der Waals surface area contributed by atoms with Gasteiger partial charge in [-0.2, -0.15) is 5.10 Å². The lowest BCUT2D eigenvalue weighted by atomic mass is 10.0. The summed E-state index contributed by atoms with van der Waals surface area (Å²) < 4.78 is 14.1. The Labute approximate surface area is 216 Å². The first-order chi connectivity index (χ1) is 18.1. The van der Waals surface area contributed by atoms with Crippen LogP contribution in [0.15, 0.2) is 54.6 Å². The maximum Gasteiger partial charge on any atom is 0.335 e. The number of carbonyl (C=O) groups is 1. The number of likely N-dealkylation sites (N-methyl/N-ethyl adjacent to an activating group) is 1. The van der Waals surface area contributed by atoms with E-state index in [1.54, 1.807) is 12.1 Å². The predicted octanol–water partition coefficient (Wildman–Crippen LogP) is 6.12. The van der Waals surface area contributed by atoms with Crippen molar-refractivity contribution < 1.29 is 19.4 Å². The number of likely N-dealkylation sites (tertiary alicyclic amines) is 1. The Kier molecular flexibility index (Phi) is 6.57. The van der Waals surface area contributed by atoms with Crippen molar-refractivity contribution in [3.05, 3.63) is 60.2 Å². The van der Waals surface area contributed by atoms with Gasteiger partial charge in [0.1, 0.15) is 18.1 Å². The number of aromatic nitrogens is 2. The maximum atomic E-state index is 11.7. The quantitative estimate of drug-likeness (QED) is 0.330. The van der Waals surface area contributed by atoms with Crippen molar-refractivity contribution in [3.63, 3.8) is 0 Å². The molecule has 0 bridgehead atoms. The lowest BCUT2D eigenvalue weighted by Gasteiger charge is -2.23. The van der Waals surface area contributed by atoms with Crippen LogP contribution in [-0.4, -0.2) is 58.1 Å². The number of hydrogen-bond acceptors (Lipinski definition) is 5. The van der Waals surface area contributed by atoms with Crippen molar-refractivity contribution >= 4 is 27.6 Å². The highest BCUT2D eigenvalue weighted by Crippen LogP contribution is 2.35. The van der Waals surface area contributed by atoms with Gasteiger partial charge in [0.15, 0.2) is 6.23 Å². The Morgan fingerprint density at radius 2 is 1.92 bits per heavy atom. The van der Waals surface area contributed by atoms with Crippen LogP contribution in [0.4, 0.5) is 0 Å². The Morgan fingerprint density at radius 1 is 1.05 bits per heavy atom. The molecule has 0 saturated carbocycles. The van der Waals surface area contributed by atoms with Gasteiger partial charge >= 0.3 is 5.97 Å². The van der Waals surface area contributed by atoms with E-state index in [4.69, 9.17) is 14.6 Å².